The number of nitrogens with zero attached hydrogens (tertiary/aromatic N) is 1. The topological polar surface area (TPSA) is 24.9 Å². The first kappa shape index (κ1) is 13.1. The fourth-order valence-electron chi connectivity index (χ4n) is 1.67. The highest BCUT2D eigenvalue weighted by molar-refractivity contribution is 7.09. The van der Waals surface area contributed by atoms with E-state index in [1.54, 1.807) is 23.6 Å². The van der Waals surface area contributed by atoms with Gasteiger partial charge in [-0.2, -0.15) is 0 Å². The SMILES string of the molecule is CC(CNCc1cccc(F)c1F)c1nccs1. The molecule has 1 aromatic heterocycles. The van der Waals surface area contributed by atoms with E-state index < -0.39 is 11.6 Å². The van der Waals surface area contributed by atoms with Crippen LogP contribution in [0.3, 0.4) is 0 Å². The van der Waals surface area contributed by atoms with Crippen molar-refractivity contribution < 1.29 is 8.78 Å². The second-order valence-corrected chi connectivity index (χ2v) is 5.04. The zero-order chi connectivity index (χ0) is 13.0. The molecule has 0 aliphatic heterocycles. The molecular weight excluding hydrogens is 254 g/mol. The summed E-state index contributed by atoms with van der Waals surface area (Å²) in [5, 5.41) is 6.09. The van der Waals surface area contributed by atoms with Gasteiger partial charge in [0.25, 0.3) is 0 Å². The third kappa shape index (κ3) is 3.11. The maximum absolute atomic E-state index is 13.4. The summed E-state index contributed by atoms with van der Waals surface area (Å²) in [5.74, 6) is -1.31. The minimum absolute atomic E-state index is 0.265. The standard InChI is InChI=1S/C13H14F2N2S/c1-9(13-17-5-6-18-13)7-16-8-10-3-2-4-11(14)12(10)15/h2-6,9,16H,7-8H2,1H3. The largest absolute Gasteiger partial charge is 0.312 e. The molecule has 18 heavy (non-hydrogen) atoms. The van der Waals surface area contributed by atoms with Crippen LogP contribution in [-0.2, 0) is 6.54 Å². The zero-order valence-corrected chi connectivity index (χ0v) is 10.8. The van der Waals surface area contributed by atoms with Crippen LogP contribution in [0.2, 0.25) is 0 Å². The highest BCUT2D eigenvalue weighted by atomic mass is 32.1. The Bertz CT molecular complexity index is 500. The Hall–Kier alpha value is -1.33. The third-order valence-electron chi connectivity index (χ3n) is 2.67. The third-order valence-corrected chi connectivity index (χ3v) is 3.68. The molecule has 0 bridgehead atoms. The van der Waals surface area contributed by atoms with E-state index in [4.69, 9.17) is 0 Å². The van der Waals surface area contributed by atoms with Crippen molar-refractivity contribution in [2.24, 2.45) is 0 Å². The molecule has 0 aliphatic carbocycles. The van der Waals surface area contributed by atoms with Gasteiger partial charge in [-0.15, -0.1) is 11.3 Å². The fraction of sp³-hybridized carbons (Fsp3) is 0.308. The van der Waals surface area contributed by atoms with E-state index in [0.717, 1.165) is 11.1 Å². The van der Waals surface area contributed by atoms with Crippen molar-refractivity contribution in [1.29, 1.82) is 0 Å². The number of hydrogen-bond acceptors (Lipinski definition) is 3. The molecule has 1 unspecified atom stereocenters. The Labute approximate surface area is 109 Å². The van der Waals surface area contributed by atoms with Gasteiger partial charge in [0.05, 0.1) is 5.01 Å². The fourth-order valence-corrected chi connectivity index (χ4v) is 2.37. The highest BCUT2D eigenvalue weighted by Gasteiger charge is 2.10. The van der Waals surface area contributed by atoms with Crippen LogP contribution in [0.25, 0.3) is 0 Å². The minimum atomic E-state index is -0.803. The average molecular weight is 268 g/mol. The Morgan fingerprint density at radius 3 is 2.94 bits per heavy atom. The van der Waals surface area contributed by atoms with E-state index in [0.29, 0.717) is 18.7 Å². The van der Waals surface area contributed by atoms with Gasteiger partial charge in [0.1, 0.15) is 0 Å². The molecular formula is C13H14F2N2S. The van der Waals surface area contributed by atoms with E-state index in [-0.39, 0.29) is 5.92 Å². The normalized spacial score (nSPS) is 12.6. The number of halogens is 2. The second kappa shape index (κ2) is 6.02. The summed E-state index contributed by atoms with van der Waals surface area (Å²) in [6, 6.07) is 4.22. The van der Waals surface area contributed by atoms with Crippen molar-refractivity contribution >= 4 is 11.3 Å². The van der Waals surface area contributed by atoms with Gasteiger partial charge in [-0.3, -0.25) is 0 Å². The summed E-state index contributed by atoms with van der Waals surface area (Å²) in [4.78, 5) is 4.22. The molecule has 2 nitrogen and oxygen atoms in total. The minimum Gasteiger partial charge on any atom is -0.312 e. The molecule has 0 amide bonds. The lowest BCUT2D eigenvalue weighted by molar-refractivity contribution is 0.490. The predicted molar refractivity (Wildman–Crippen MR) is 68.6 cm³/mol. The van der Waals surface area contributed by atoms with Crippen LogP contribution in [0.1, 0.15) is 23.4 Å². The van der Waals surface area contributed by atoms with E-state index >= 15 is 0 Å². The lowest BCUT2D eigenvalue weighted by Gasteiger charge is -2.10. The average Bonchev–Trinajstić information content (AvgIpc) is 2.88. The molecule has 96 valence electrons. The van der Waals surface area contributed by atoms with E-state index in [2.05, 4.69) is 10.3 Å². The number of nitrogens with one attached hydrogen (secondary N) is 1. The summed E-state index contributed by atoms with van der Waals surface area (Å²) in [5.41, 5.74) is 0.348. The zero-order valence-electron chi connectivity index (χ0n) is 9.99. The van der Waals surface area contributed by atoms with Crippen molar-refractivity contribution in [2.75, 3.05) is 6.54 Å². The summed E-state index contributed by atoms with van der Waals surface area (Å²) in [6.45, 7) is 3.05. The van der Waals surface area contributed by atoms with Gasteiger partial charge >= 0.3 is 0 Å². The van der Waals surface area contributed by atoms with Gasteiger partial charge in [0.2, 0.25) is 0 Å². The van der Waals surface area contributed by atoms with Crippen LogP contribution in [0, 0.1) is 11.6 Å². The molecule has 1 N–H and O–H groups in total. The number of thiazole rings is 1. The number of rotatable bonds is 5. The van der Waals surface area contributed by atoms with Crippen LogP contribution >= 0.6 is 11.3 Å². The molecule has 2 rings (SSSR count). The molecule has 1 heterocycles. The van der Waals surface area contributed by atoms with Gasteiger partial charge in [0.15, 0.2) is 11.6 Å². The number of benzene rings is 1. The molecule has 1 atom stereocenters. The monoisotopic (exact) mass is 268 g/mol. The van der Waals surface area contributed by atoms with Crippen molar-refractivity contribution in [1.82, 2.24) is 10.3 Å². The first-order valence-electron chi connectivity index (χ1n) is 5.71. The van der Waals surface area contributed by atoms with Crippen LogP contribution < -0.4 is 5.32 Å². The Morgan fingerprint density at radius 1 is 1.39 bits per heavy atom. The van der Waals surface area contributed by atoms with E-state index in [1.807, 2.05) is 12.3 Å². The maximum Gasteiger partial charge on any atom is 0.163 e. The van der Waals surface area contributed by atoms with Crippen molar-refractivity contribution in [3.05, 3.63) is 52.0 Å². The quantitative estimate of drug-likeness (QED) is 0.900. The summed E-state index contributed by atoms with van der Waals surface area (Å²) < 4.78 is 26.4. The first-order chi connectivity index (χ1) is 8.68. The molecule has 2 aromatic rings. The molecule has 0 spiro atoms. The van der Waals surface area contributed by atoms with Crippen molar-refractivity contribution in [3.8, 4) is 0 Å². The number of hydrogen-bond donors (Lipinski definition) is 1. The van der Waals surface area contributed by atoms with Gasteiger partial charge < -0.3 is 5.32 Å². The Balaban J connectivity index is 1.87. The molecule has 0 aliphatic rings. The predicted octanol–water partition coefficient (Wildman–Crippen LogP) is 3.31. The van der Waals surface area contributed by atoms with Gasteiger partial charge in [-0.1, -0.05) is 19.1 Å². The number of aromatic nitrogens is 1. The Kier molecular flexibility index (Phi) is 4.38. The Morgan fingerprint density at radius 2 is 2.22 bits per heavy atom. The molecule has 0 saturated carbocycles. The first-order valence-corrected chi connectivity index (χ1v) is 6.59. The van der Waals surface area contributed by atoms with Gasteiger partial charge in [-0.05, 0) is 6.07 Å². The molecule has 1 aromatic carbocycles. The highest BCUT2D eigenvalue weighted by Crippen LogP contribution is 2.17. The lowest BCUT2D eigenvalue weighted by Crippen LogP contribution is -2.20. The molecule has 0 saturated heterocycles. The second-order valence-electron chi connectivity index (χ2n) is 4.12. The van der Waals surface area contributed by atoms with E-state index in [1.165, 1.54) is 6.07 Å². The van der Waals surface area contributed by atoms with Gasteiger partial charge in [-0.25, -0.2) is 13.8 Å². The van der Waals surface area contributed by atoms with Crippen molar-refractivity contribution in [2.45, 2.75) is 19.4 Å². The van der Waals surface area contributed by atoms with Crippen molar-refractivity contribution in [3.63, 3.8) is 0 Å². The van der Waals surface area contributed by atoms with Crippen LogP contribution in [0.5, 0.6) is 0 Å². The molecule has 5 heteroatoms. The maximum atomic E-state index is 13.4. The summed E-state index contributed by atoms with van der Waals surface area (Å²) >= 11 is 1.60. The van der Waals surface area contributed by atoms with E-state index in [9.17, 15) is 8.78 Å². The summed E-state index contributed by atoms with van der Waals surface area (Å²) in [6.07, 6.45) is 1.77. The molecule has 0 fully saturated rings. The van der Waals surface area contributed by atoms with Gasteiger partial charge in [0, 0.05) is 36.1 Å². The molecule has 0 radical (unpaired) electrons. The summed E-state index contributed by atoms with van der Waals surface area (Å²) in [7, 11) is 0. The smallest absolute Gasteiger partial charge is 0.163 e. The lowest BCUT2D eigenvalue weighted by atomic mass is 10.1. The van der Waals surface area contributed by atoms with Crippen LogP contribution in [0.4, 0.5) is 8.78 Å². The van der Waals surface area contributed by atoms with Crippen LogP contribution in [0.15, 0.2) is 29.8 Å². The van der Waals surface area contributed by atoms with Crippen LogP contribution in [-0.4, -0.2) is 11.5 Å².